The minimum absolute atomic E-state index is 0.0217. The van der Waals surface area contributed by atoms with E-state index in [-0.39, 0.29) is 17.9 Å². The van der Waals surface area contributed by atoms with Gasteiger partial charge in [-0.15, -0.1) is 0 Å². The van der Waals surface area contributed by atoms with Crippen molar-refractivity contribution < 1.29 is 14.3 Å². The summed E-state index contributed by atoms with van der Waals surface area (Å²) in [5.41, 5.74) is 5.17. The lowest BCUT2D eigenvalue weighted by molar-refractivity contribution is -0.125. The summed E-state index contributed by atoms with van der Waals surface area (Å²) in [7, 11) is 3.28. The van der Waals surface area contributed by atoms with Gasteiger partial charge in [0.25, 0.3) is 0 Å². The number of carbonyl (C=O) groups is 1. The van der Waals surface area contributed by atoms with Crippen LogP contribution in [0.15, 0.2) is 97.1 Å². The monoisotopic (exact) mass is 526 g/mol. The number of amides is 1. The molecule has 1 amide bonds. The number of carbonyl (C=O) groups excluding carboxylic acids is 1. The van der Waals surface area contributed by atoms with Gasteiger partial charge in [-0.25, -0.2) is 0 Å². The number of fused-ring (bicyclic) bond motifs is 1. The van der Waals surface area contributed by atoms with Crippen LogP contribution in [-0.2, 0) is 11.2 Å². The van der Waals surface area contributed by atoms with Crippen molar-refractivity contribution >= 4 is 28.9 Å². The zero-order valence-corrected chi connectivity index (χ0v) is 22.3. The van der Waals surface area contributed by atoms with Gasteiger partial charge in [0.05, 0.1) is 26.2 Å². The van der Waals surface area contributed by atoms with Crippen molar-refractivity contribution in [3.63, 3.8) is 0 Å². The molecule has 1 unspecified atom stereocenters. The lowest BCUT2D eigenvalue weighted by Gasteiger charge is -2.29. The van der Waals surface area contributed by atoms with E-state index >= 15 is 0 Å². The number of aryl methyl sites for hydroxylation is 1. The van der Waals surface area contributed by atoms with Crippen LogP contribution in [0.5, 0.6) is 11.5 Å². The second-order valence-corrected chi connectivity index (χ2v) is 9.86. The van der Waals surface area contributed by atoms with E-state index in [1.165, 1.54) is 0 Å². The third-order valence-electron chi connectivity index (χ3n) is 7.10. The first-order valence-electron chi connectivity index (χ1n) is 12.8. The number of nitrogens with zero attached hydrogens (tertiary/aromatic N) is 1. The topological polar surface area (TPSA) is 50.8 Å². The van der Waals surface area contributed by atoms with Gasteiger partial charge >= 0.3 is 0 Å². The van der Waals surface area contributed by atoms with Crippen LogP contribution < -0.4 is 19.7 Å². The summed E-state index contributed by atoms with van der Waals surface area (Å²) in [5.74, 6) is 1.11. The molecule has 0 aromatic heterocycles. The number of hydrogen-bond acceptors (Lipinski definition) is 4. The van der Waals surface area contributed by atoms with Gasteiger partial charge in [0.1, 0.15) is 0 Å². The SMILES string of the molecule is COc1cc2c(cc1OC)N(c1ccc(Cl)cc1)CC(C(=O)NC(c1ccccc1)c1ccccc1)CC2. The molecule has 1 atom stereocenters. The quantitative estimate of drug-likeness (QED) is 0.283. The number of hydrogen-bond donors (Lipinski definition) is 1. The molecule has 0 fully saturated rings. The van der Waals surface area contributed by atoms with Gasteiger partial charge < -0.3 is 19.7 Å². The summed E-state index contributed by atoms with van der Waals surface area (Å²) in [4.78, 5) is 16.1. The first-order chi connectivity index (χ1) is 18.6. The molecule has 5 nitrogen and oxygen atoms in total. The van der Waals surface area contributed by atoms with Crippen LogP contribution >= 0.6 is 11.6 Å². The molecule has 5 rings (SSSR count). The van der Waals surface area contributed by atoms with E-state index in [9.17, 15) is 4.79 Å². The number of nitrogens with one attached hydrogen (secondary N) is 1. The largest absolute Gasteiger partial charge is 0.493 e. The minimum Gasteiger partial charge on any atom is -0.493 e. The highest BCUT2D eigenvalue weighted by atomic mass is 35.5. The maximum absolute atomic E-state index is 13.9. The number of halogens is 1. The van der Waals surface area contributed by atoms with E-state index in [2.05, 4.69) is 34.5 Å². The minimum atomic E-state index is -0.245. The molecule has 1 aliphatic rings. The maximum atomic E-state index is 13.9. The molecule has 4 aromatic carbocycles. The standard InChI is InChI=1S/C32H31ClN2O3/c1-37-29-19-24-13-14-25(21-35(28(24)20-30(29)38-2)27-17-15-26(33)16-18-27)32(36)34-31(22-9-5-3-6-10-22)23-11-7-4-8-12-23/h3-12,15-20,25,31H,13-14,21H2,1-2H3,(H,34,36). The van der Waals surface area contributed by atoms with Crippen molar-refractivity contribution in [2.75, 3.05) is 25.7 Å². The van der Waals surface area contributed by atoms with Gasteiger partial charge in [-0.2, -0.15) is 0 Å². The highest BCUT2D eigenvalue weighted by molar-refractivity contribution is 6.30. The van der Waals surface area contributed by atoms with E-state index < -0.39 is 0 Å². The summed E-state index contributed by atoms with van der Waals surface area (Å²) < 4.78 is 11.2. The van der Waals surface area contributed by atoms with Crippen LogP contribution in [0.2, 0.25) is 5.02 Å². The van der Waals surface area contributed by atoms with Crippen molar-refractivity contribution in [2.24, 2.45) is 5.92 Å². The number of benzene rings is 4. The molecule has 4 aromatic rings. The van der Waals surface area contributed by atoms with E-state index in [0.717, 1.165) is 34.5 Å². The highest BCUT2D eigenvalue weighted by Crippen LogP contribution is 2.41. The lowest BCUT2D eigenvalue weighted by atomic mass is 9.96. The highest BCUT2D eigenvalue weighted by Gasteiger charge is 2.30. The second-order valence-electron chi connectivity index (χ2n) is 9.42. The summed E-state index contributed by atoms with van der Waals surface area (Å²) in [6.45, 7) is 0.520. The molecule has 0 radical (unpaired) electrons. The van der Waals surface area contributed by atoms with Crippen LogP contribution in [0.4, 0.5) is 11.4 Å². The Morgan fingerprint density at radius 2 is 1.45 bits per heavy atom. The zero-order valence-electron chi connectivity index (χ0n) is 21.6. The predicted octanol–water partition coefficient (Wildman–Crippen LogP) is 6.96. The average Bonchev–Trinajstić information content (AvgIpc) is 3.16. The van der Waals surface area contributed by atoms with Gasteiger partial charge in [0.15, 0.2) is 11.5 Å². The molecular formula is C32H31ClN2O3. The Morgan fingerprint density at radius 3 is 2.03 bits per heavy atom. The lowest BCUT2D eigenvalue weighted by Crippen LogP contribution is -2.39. The Bertz CT molecular complexity index is 1340. The second kappa shape index (κ2) is 11.6. The van der Waals surface area contributed by atoms with Crippen LogP contribution in [-0.4, -0.2) is 26.7 Å². The number of methoxy groups -OCH3 is 2. The van der Waals surface area contributed by atoms with Crippen LogP contribution in [0, 0.1) is 5.92 Å². The summed E-state index contributed by atoms with van der Waals surface area (Å²) in [6, 6.07) is 31.7. The van der Waals surface area contributed by atoms with E-state index in [1.807, 2.05) is 72.8 Å². The van der Waals surface area contributed by atoms with Crippen molar-refractivity contribution in [1.29, 1.82) is 0 Å². The Balaban J connectivity index is 1.49. The molecule has 1 aliphatic heterocycles. The Hall–Kier alpha value is -3.96. The number of ether oxygens (including phenoxy) is 2. The average molecular weight is 527 g/mol. The fraction of sp³-hybridized carbons (Fsp3) is 0.219. The molecule has 1 heterocycles. The van der Waals surface area contributed by atoms with Gasteiger partial charge in [-0.05, 0) is 59.9 Å². The Morgan fingerprint density at radius 1 is 0.868 bits per heavy atom. The smallest absolute Gasteiger partial charge is 0.225 e. The molecule has 0 spiro atoms. The molecule has 0 saturated heterocycles. The Labute approximate surface area is 229 Å². The first kappa shape index (κ1) is 25.7. The third kappa shape index (κ3) is 5.48. The first-order valence-corrected chi connectivity index (χ1v) is 13.1. The van der Waals surface area contributed by atoms with Gasteiger partial charge in [0, 0.05) is 29.0 Å². The molecule has 0 saturated carbocycles. The molecule has 1 N–H and O–H groups in total. The van der Waals surface area contributed by atoms with Crippen LogP contribution in [0.3, 0.4) is 0 Å². The van der Waals surface area contributed by atoms with Crippen LogP contribution in [0.25, 0.3) is 0 Å². The fourth-order valence-electron chi connectivity index (χ4n) is 5.09. The number of anilines is 2. The van der Waals surface area contributed by atoms with E-state index in [4.69, 9.17) is 21.1 Å². The van der Waals surface area contributed by atoms with Crippen molar-refractivity contribution in [3.8, 4) is 11.5 Å². The summed E-state index contributed by atoms with van der Waals surface area (Å²) >= 11 is 6.20. The van der Waals surface area contributed by atoms with Gasteiger partial charge in [-0.1, -0.05) is 72.3 Å². The summed E-state index contributed by atoms with van der Waals surface area (Å²) in [6.07, 6.45) is 1.44. The van der Waals surface area contributed by atoms with Crippen LogP contribution in [0.1, 0.15) is 29.2 Å². The van der Waals surface area contributed by atoms with Gasteiger partial charge in [0.2, 0.25) is 5.91 Å². The molecule has 38 heavy (non-hydrogen) atoms. The Kier molecular flexibility index (Phi) is 7.85. The fourth-order valence-corrected chi connectivity index (χ4v) is 5.22. The maximum Gasteiger partial charge on any atom is 0.225 e. The molecule has 194 valence electrons. The van der Waals surface area contributed by atoms with E-state index in [1.54, 1.807) is 14.2 Å². The third-order valence-corrected chi connectivity index (χ3v) is 7.35. The molecule has 0 bridgehead atoms. The molecule has 0 aliphatic carbocycles. The van der Waals surface area contributed by atoms with Crippen molar-refractivity contribution in [1.82, 2.24) is 5.32 Å². The zero-order chi connectivity index (χ0) is 26.5. The van der Waals surface area contributed by atoms with Crippen molar-refractivity contribution in [3.05, 3.63) is 119 Å². The predicted molar refractivity (Wildman–Crippen MR) is 153 cm³/mol. The summed E-state index contributed by atoms with van der Waals surface area (Å²) in [5, 5.41) is 4.03. The molecule has 6 heteroatoms. The van der Waals surface area contributed by atoms with Crippen molar-refractivity contribution in [2.45, 2.75) is 18.9 Å². The normalized spacial score (nSPS) is 14.9. The van der Waals surface area contributed by atoms with Gasteiger partial charge in [-0.3, -0.25) is 4.79 Å². The molecular weight excluding hydrogens is 496 g/mol. The number of rotatable bonds is 7. The van der Waals surface area contributed by atoms with E-state index in [0.29, 0.717) is 29.5 Å².